The van der Waals surface area contributed by atoms with Gasteiger partial charge in [0, 0.05) is 24.0 Å². The molecule has 1 N–H and O–H groups in total. The van der Waals surface area contributed by atoms with Crippen molar-refractivity contribution in [3.63, 3.8) is 0 Å². The van der Waals surface area contributed by atoms with Crippen LogP contribution in [0.2, 0.25) is 0 Å². The van der Waals surface area contributed by atoms with Crippen LogP contribution in [-0.4, -0.2) is 51.1 Å². The monoisotopic (exact) mass is 416 g/mol. The molecule has 0 bridgehead atoms. The van der Waals surface area contributed by atoms with E-state index in [1.165, 1.54) is 10.7 Å². The summed E-state index contributed by atoms with van der Waals surface area (Å²) in [7, 11) is 1.62. The van der Waals surface area contributed by atoms with E-state index in [0.29, 0.717) is 30.4 Å². The van der Waals surface area contributed by atoms with Gasteiger partial charge in [-0.3, -0.25) is 9.78 Å². The molecule has 156 valence electrons. The topological polar surface area (TPSA) is 104 Å². The van der Waals surface area contributed by atoms with Gasteiger partial charge in [0.1, 0.15) is 23.1 Å². The Hall–Kier alpha value is -3.85. The number of anilines is 1. The lowest BCUT2D eigenvalue weighted by Gasteiger charge is -2.21. The van der Waals surface area contributed by atoms with Gasteiger partial charge in [-0.1, -0.05) is 12.1 Å². The average Bonchev–Trinajstić information content (AvgIpc) is 3.27. The van der Waals surface area contributed by atoms with Gasteiger partial charge in [0.05, 0.1) is 32.1 Å². The van der Waals surface area contributed by atoms with Crippen LogP contribution in [0.5, 0.6) is 5.75 Å². The third-order valence-electron chi connectivity index (χ3n) is 5.22. The van der Waals surface area contributed by atoms with Crippen molar-refractivity contribution in [3.05, 3.63) is 71.3 Å². The molecule has 1 aromatic carbocycles. The Morgan fingerprint density at radius 2 is 2.00 bits per heavy atom. The summed E-state index contributed by atoms with van der Waals surface area (Å²) in [5.74, 6) is 1.37. The Balaban J connectivity index is 1.45. The van der Waals surface area contributed by atoms with Crippen LogP contribution in [0.1, 0.15) is 6.04 Å². The van der Waals surface area contributed by atoms with E-state index < -0.39 is 0 Å². The highest BCUT2D eigenvalue weighted by Crippen LogP contribution is 2.25. The van der Waals surface area contributed by atoms with Gasteiger partial charge in [0.25, 0.3) is 5.56 Å². The first-order valence-corrected chi connectivity index (χ1v) is 9.87. The maximum absolute atomic E-state index is 12.6. The van der Waals surface area contributed by atoms with Crippen molar-refractivity contribution in [1.29, 1.82) is 0 Å². The lowest BCUT2D eigenvalue weighted by molar-refractivity contribution is 0.183. The number of nitrogens with zero attached hydrogens (tertiary/aromatic N) is 5. The minimum atomic E-state index is -0.280. The molecule has 1 fully saturated rings. The number of hydrogen-bond donors (Lipinski definition) is 1. The van der Waals surface area contributed by atoms with E-state index in [4.69, 9.17) is 9.47 Å². The number of hydrogen-bond acceptors (Lipinski definition) is 8. The summed E-state index contributed by atoms with van der Waals surface area (Å²) in [6.45, 7) is 0.807. The summed E-state index contributed by atoms with van der Waals surface area (Å²) < 4.78 is 12.5. The first-order chi connectivity index (χ1) is 15.2. The Labute approximate surface area is 177 Å². The number of pyridine rings is 1. The fourth-order valence-electron chi connectivity index (χ4n) is 3.65. The largest absolute Gasteiger partial charge is 0.497 e. The lowest BCUT2D eigenvalue weighted by Crippen LogP contribution is -2.37. The van der Waals surface area contributed by atoms with Crippen molar-refractivity contribution in [2.24, 2.45) is 0 Å². The molecule has 2 atom stereocenters. The molecule has 1 saturated heterocycles. The molecule has 1 aliphatic heterocycles. The molecular formula is C22H20N6O3. The lowest BCUT2D eigenvalue weighted by atomic mass is 10.1. The van der Waals surface area contributed by atoms with Gasteiger partial charge in [0.2, 0.25) is 0 Å². The van der Waals surface area contributed by atoms with E-state index in [9.17, 15) is 4.79 Å². The summed E-state index contributed by atoms with van der Waals surface area (Å²) in [5.41, 5.74) is 2.63. The maximum Gasteiger partial charge on any atom is 0.267 e. The first-order valence-electron chi connectivity index (χ1n) is 9.87. The number of rotatable bonds is 5. The standard InChI is InChI=1S/C22H20N6O3/c1-30-15-4-2-3-14(11-15)16-6-8-21(29)28(27-16)19-13-31-12-18(19)25-20-7-5-17-22(26-20)24-10-9-23-17/h2-11,18-19H,12-13H2,1H3,(H,24,25,26). The van der Waals surface area contributed by atoms with Crippen molar-refractivity contribution in [1.82, 2.24) is 24.7 Å². The van der Waals surface area contributed by atoms with Gasteiger partial charge in [-0.2, -0.15) is 5.10 Å². The quantitative estimate of drug-likeness (QED) is 0.529. The average molecular weight is 416 g/mol. The highest BCUT2D eigenvalue weighted by molar-refractivity contribution is 5.71. The summed E-state index contributed by atoms with van der Waals surface area (Å²) in [6.07, 6.45) is 3.24. The molecule has 0 aliphatic carbocycles. The molecule has 0 spiro atoms. The summed E-state index contributed by atoms with van der Waals surface area (Å²) in [4.78, 5) is 25.6. The smallest absolute Gasteiger partial charge is 0.267 e. The van der Waals surface area contributed by atoms with Crippen LogP contribution in [0.15, 0.2) is 65.7 Å². The molecule has 2 unspecified atom stereocenters. The van der Waals surface area contributed by atoms with Crippen LogP contribution in [0, 0.1) is 0 Å². The molecule has 31 heavy (non-hydrogen) atoms. The number of aromatic nitrogens is 5. The zero-order valence-corrected chi connectivity index (χ0v) is 16.8. The molecule has 0 amide bonds. The van der Waals surface area contributed by atoms with Crippen LogP contribution in [0.25, 0.3) is 22.4 Å². The third-order valence-corrected chi connectivity index (χ3v) is 5.22. The number of fused-ring (bicyclic) bond motifs is 1. The van der Waals surface area contributed by atoms with Crippen molar-refractivity contribution >= 4 is 17.0 Å². The highest BCUT2D eigenvalue weighted by Gasteiger charge is 2.32. The van der Waals surface area contributed by atoms with E-state index in [0.717, 1.165) is 16.8 Å². The van der Waals surface area contributed by atoms with E-state index in [-0.39, 0.29) is 17.6 Å². The van der Waals surface area contributed by atoms with Crippen LogP contribution in [0.4, 0.5) is 5.82 Å². The van der Waals surface area contributed by atoms with Gasteiger partial charge in [-0.15, -0.1) is 0 Å². The second-order valence-corrected chi connectivity index (χ2v) is 7.18. The Morgan fingerprint density at radius 1 is 1.10 bits per heavy atom. The second kappa shape index (κ2) is 8.11. The van der Waals surface area contributed by atoms with Crippen molar-refractivity contribution in [2.45, 2.75) is 12.1 Å². The molecule has 9 heteroatoms. The fraction of sp³-hybridized carbons (Fsp3) is 0.227. The van der Waals surface area contributed by atoms with Crippen molar-refractivity contribution in [3.8, 4) is 17.0 Å². The molecule has 4 heterocycles. The molecule has 1 aliphatic rings. The van der Waals surface area contributed by atoms with Gasteiger partial charge in [-0.05, 0) is 30.3 Å². The summed E-state index contributed by atoms with van der Waals surface area (Å²) in [6, 6.07) is 14.1. The Morgan fingerprint density at radius 3 is 2.90 bits per heavy atom. The van der Waals surface area contributed by atoms with Gasteiger partial charge < -0.3 is 14.8 Å². The highest BCUT2D eigenvalue weighted by atomic mass is 16.5. The molecule has 3 aromatic heterocycles. The number of benzene rings is 1. The van der Waals surface area contributed by atoms with E-state index in [1.54, 1.807) is 25.6 Å². The molecule has 4 aromatic rings. The summed E-state index contributed by atoms with van der Waals surface area (Å²) >= 11 is 0. The van der Waals surface area contributed by atoms with E-state index >= 15 is 0 Å². The van der Waals surface area contributed by atoms with Crippen LogP contribution < -0.4 is 15.6 Å². The molecule has 9 nitrogen and oxygen atoms in total. The molecular weight excluding hydrogens is 396 g/mol. The SMILES string of the molecule is COc1cccc(-c2ccc(=O)n(C3COCC3Nc3ccc4nccnc4n3)n2)c1. The molecule has 5 rings (SSSR count). The van der Waals surface area contributed by atoms with Crippen LogP contribution >= 0.6 is 0 Å². The van der Waals surface area contributed by atoms with Crippen LogP contribution in [-0.2, 0) is 4.74 Å². The van der Waals surface area contributed by atoms with Gasteiger partial charge in [-0.25, -0.2) is 14.6 Å². The van der Waals surface area contributed by atoms with Crippen molar-refractivity contribution in [2.75, 3.05) is 25.6 Å². The van der Waals surface area contributed by atoms with Gasteiger partial charge >= 0.3 is 0 Å². The predicted molar refractivity (Wildman–Crippen MR) is 115 cm³/mol. The van der Waals surface area contributed by atoms with Gasteiger partial charge in [0.15, 0.2) is 5.65 Å². The maximum atomic E-state index is 12.6. The number of ether oxygens (including phenoxy) is 2. The molecule has 0 saturated carbocycles. The van der Waals surface area contributed by atoms with E-state index in [1.807, 2.05) is 36.4 Å². The normalized spacial score (nSPS) is 18.2. The number of methoxy groups -OCH3 is 1. The first kappa shape index (κ1) is 19.1. The minimum Gasteiger partial charge on any atom is -0.497 e. The third kappa shape index (κ3) is 3.82. The zero-order valence-electron chi connectivity index (χ0n) is 16.8. The summed E-state index contributed by atoms with van der Waals surface area (Å²) in [5, 5.41) is 7.99. The van der Waals surface area contributed by atoms with E-state index in [2.05, 4.69) is 25.4 Å². The second-order valence-electron chi connectivity index (χ2n) is 7.18. The van der Waals surface area contributed by atoms with Crippen LogP contribution in [0.3, 0.4) is 0 Å². The Bertz CT molecular complexity index is 1290. The molecule has 0 radical (unpaired) electrons. The fourth-order valence-corrected chi connectivity index (χ4v) is 3.65. The zero-order chi connectivity index (χ0) is 21.2. The number of nitrogens with one attached hydrogen (secondary N) is 1. The Kier molecular flexibility index (Phi) is 5.01. The predicted octanol–water partition coefficient (Wildman–Crippen LogP) is 2.31. The van der Waals surface area contributed by atoms with Crippen molar-refractivity contribution < 1.29 is 9.47 Å². The minimum absolute atomic E-state index is 0.174.